The highest BCUT2D eigenvalue weighted by atomic mass is 16.5. The Bertz CT molecular complexity index is 373. The van der Waals surface area contributed by atoms with Crippen molar-refractivity contribution < 1.29 is 14.3 Å². The van der Waals surface area contributed by atoms with Gasteiger partial charge in [-0.2, -0.15) is 0 Å². The van der Waals surface area contributed by atoms with E-state index >= 15 is 0 Å². The third-order valence-electron chi connectivity index (χ3n) is 5.80. The normalized spacial score (nSPS) is 29.7. The van der Waals surface area contributed by atoms with Crippen molar-refractivity contribution in [3.05, 3.63) is 0 Å². The molecule has 2 N–H and O–H groups in total. The Balaban J connectivity index is 1.60. The minimum absolute atomic E-state index is 0.221. The zero-order chi connectivity index (χ0) is 18.1. The molecular formula is C20H36N2O3. The van der Waals surface area contributed by atoms with Gasteiger partial charge >= 0.3 is 6.09 Å². The van der Waals surface area contributed by atoms with Crippen molar-refractivity contribution in [1.29, 1.82) is 0 Å². The summed E-state index contributed by atoms with van der Waals surface area (Å²) in [6.45, 7) is 4.32. The predicted molar refractivity (Wildman–Crippen MR) is 99.3 cm³/mol. The minimum Gasteiger partial charge on any atom is -0.450 e. The molecule has 0 saturated heterocycles. The average molecular weight is 353 g/mol. The van der Waals surface area contributed by atoms with Crippen LogP contribution in [0.15, 0.2) is 0 Å². The molecular weight excluding hydrogens is 316 g/mol. The molecule has 2 saturated carbocycles. The maximum atomic E-state index is 11.7. The lowest BCUT2D eigenvalue weighted by molar-refractivity contribution is -0.122. The van der Waals surface area contributed by atoms with E-state index in [4.69, 9.17) is 4.74 Å². The van der Waals surface area contributed by atoms with E-state index in [0.717, 1.165) is 43.9 Å². The summed E-state index contributed by atoms with van der Waals surface area (Å²) in [6, 6.07) is 0.694. The van der Waals surface area contributed by atoms with E-state index < -0.39 is 0 Å². The third kappa shape index (κ3) is 7.25. The van der Waals surface area contributed by atoms with Crippen molar-refractivity contribution in [3.63, 3.8) is 0 Å². The fraction of sp³-hybridized carbons (Fsp3) is 0.900. The summed E-state index contributed by atoms with van der Waals surface area (Å²) >= 11 is 0. The topological polar surface area (TPSA) is 67.4 Å². The summed E-state index contributed by atoms with van der Waals surface area (Å²) in [5, 5.41) is 6.16. The molecule has 0 aromatic heterocycles. The number of alkyl carbamates (subject to hydrolysis) is 1. The minimum atomic E-state index is -0.269. The fourth-order valence-corrected chi connectivity index (χ4v) is 4.42. The number of rotatable bonds is 7. The van der Waals surface area contributed by atoms with Crippen LogP contribution in [0.1, 0.15) is 84.5 Å². The van der Waals surface area contributed by atoms with E-state index in [1.54, 1.807) is 0 Å². The Hall–Kier alpha value is -1.26. The van der Waals surface area contributed by atoms with Gasteiger partial charge < -0.3 is 15.4 Å². The first-order chi connectivity index (χ1) is 12.1. The average Bonchev–Trinajstić information content (AvgIpc) is 2.59. The number of carbonyl (C=O) groups is 2. The molecule has 0 spiro atoms. The van der Waals surface area contributed by atoms with Crippen LogP contribution in [0.2, 0.25) is 0 Å². The van der Waals surface area contributed by atoms with Gasteiger partial charge in [0.25, 0.3) is 0 Å². The predicted octanol–water partition coefficient (Wildman–Crippen LogP) is 4.16. The van der Waals surface area contributed by atoms with E-state index in [1.807, 2.05) is 13.8 Å². The maximum Gasteiger partial charge on any atom is 0.407 e. The molecule has 2 rings (SSSR count). The molecule has 0 aromatic carbocycles. The van der Waals surface area contributed by atoms with Crippen molar-refractivity contribution in [2.75, 3.05) is 6.61 Å². The Labute approximate surface area is 152 Å². The first kappa shape index (κ1) is 20.1. The van der Waals surface area contributed by atoms with Crippen molar-refractivity contribution in [2.24, 2.45) is 11.8 Å². The second-order valence-electron chi connectivity index (χ2n) is 7.85. The molecule has 0 aliphatic heterocycles. The molecule has 25 heavy (non-hydrogen) atoms. The molecule has 5 nitrogen and oxygen atoms in total. The van der Waals surface area contributed by atoms with E-state index in [1.165, 1.54) is 32.1 Å². The molecule has 2 amide bonds. The highest BCUT2D eigenvalue weighted by Gasteiger charge is 2.28. The lowest BCUT2D eigenvalue weighted by Gasteiger charge is -2.34. The van der Waals surface area contributed by atoms with Crippen molar-refractivity contribution in [3.8, 4) is 0 Å². The van der Waals surface area contributed by atoms with Gasteiger partial charge in [-0.05, 0) is 83.0 Å². The number of hydrogen-bond acceptors (Lipinski definition) is 3. The van der Waals surface area contributed by atoms with Crippen LogP contribution >= 0.6 is 0 Å². The summed E-state index contributed by atoms with van der Waals surface area (Å²) in [4.78, 5) is 23.2. The summed E-state index contributed by atoms with van der Waals surface area (Å²) in [6.07, 6.45) is 12.0. The SMILES string of the molecule is CCCC(=O)NC1CCC(CC2CCC(NC(=O)OCC)CC2)CC1. The first-order valence-electron chi connectivity index (χ1n) is 10.3. The molecule has 0 unspecified atom stereocenters. The van der Waals surface area contributed by atoms with Crippen molar-refractivity contribution >= 4 is 12.0 Å². The van der Waals surface area contributed by atoms with Gasteiger partial charge in [0.1, 0.15) is 0 Å². The monoisotopic (exact) mass is 352 g/mol. The lowest BCUT2D eigenvalue weighted by atomic mass is 9.75. The Morgan fingerprint density at radius 1 is 0.840 bits per heavy atom. The van der Waals surface area contributed by atoms with E-state index in [-0.39, 0.29) is 12.0 Å². The Morgan fingerprint density at radius 2 is 1.36 bits per heavy atom. The molecule has 0 atom stereocenters. The maximum absolute atomic E-state index is 11.7. The first-order valence-corrected chi connectivity index (χ1v) is 10.3. The van der Waals surface area contributed by atoms with Gasteiger partial charge in [0.05, 0.1) is 6.61 Å². The van der Waals surface area contributed by atoms with Crippen molar-refractivity contribution in [2.45, 2.75) is 96.6 Å². The van der Waals surface area contributed by atoms with Gasteiger partial charge in [-0.1, -0.05) is 6.92 Å². The quantitative estimate of drug-likeness (QED) is 0.723. The molecule has 0 bridgehead atoms. The van der Waals surface area contributed by atoms with E-state index in [9.17, 15) is 9.59 Å². The zero-order valence-corrected chi connectivity index (χ0v) is 16.0. The van der Waals surface area contributed by atoms with Crippen LogP contribution < -0.4 is 10.6 Å². The molecule has 0 aromatic rings. The fourth-order valence-electron chi connectivity index (χ4n) is 4.42. The lowest BCUT2D eigenvalue weighted by Crippen LogP contribution is -2.39. The number of hydrogen-bond donors (Lipinski definition) is 2. The van der Waals surface area contributed by atoms with Gasteiger partial charge in [-0.25, -0.2) is 4.79 Å². The molecule has 2 aliphatic carbocycles. The van der Waals surface area contributed by atoms with E-state index in [2.05, 4.69) is 10.6 Å². The summed E-state index contributed by atoms with van der Waals surface area (Å²) in [5.74, 6) is 1.84. The van der Waals surface area contributed by atoms with E-state index in [0.29, 0.717) is 25.1 Å². The third-order valence-corrected chi connectivity index (χ3v) is 5.80. The van der Waals surface area contributed by atoms with Crippen LogP contribution in [0.5, 0.6) is 0 Å². The summed E-state index contributed by atoms with van der Waals surface area (Å²) in [7, 11) is 0. The van der Waals surface area contributed by atoms with Crippen LogP contribution in [0.3, 0.4) is 0 Å². The second-order valence-corrected chi connectivity index (χ2v) is 7.85. The molecule has 2 fully saturated rings. The van der Waals surface area contributed by atoms with Gasteiger partial charge in [0.2, 0.25) is 5.91 Å². The molecule has 2 aliphatic rings. The number of nitrogens with one attached hydrogen (secondary N) is 2. The highest BCUT2D eigenvalue weighted by molar-refractivity contribution is 5.76. The Kier molecular flexibility index (Phi) is 8.56. The smallest absolute Gasteiger partial charge is 0.407 e. The summed E-state index contributed by atoms with van der Waals surface area (Å²) in [5.41, 5.74) is 0. The van der Waals surface area contributed by atoms with Crippen LogP contribution in [-0.4, -0.2) is 30.7 Å². The van der Waals surface area contributed by atoms with Crippen LogP contribution in [0.25, 0.3) is 0 Å². The van der Waals surface area contributed by atoms with Gasteiger partial charge in [0.15, 0.2) is 0 Å². The zero-order valence-electron chi connectivity index (χ0n) is 16.0. The summed E-state index contributed by atoms with van der Waals surface area (Å²) < 4.78 is 4.97. The van der Waals surface area contributed by atoms with Crippen molar-refractivity contribution in [1.82, 2.24) is 10.6 Å². The van der Waals surface area contributed by atoms with Crippen LogP contribution in [-0.2, 0) is 9.53 Å². The molecule has 0 heterocycles. The number of ether oxygens (including phenoxy) is 1. The van der Waals surface area contributed by atoms with Gasteiger partial charge in [0, 0.05) is 18.5 Å². The second kappa shape index (κ2) is 10.7. The molecule has 0 radical (unpaired) electrons. The van der Waals surface area contributed by atoms with Crippen LogP contribution in [0, 0.1) is 11.8 Å². The standard InChI is InChI=1S/C20H36N2O3/c1-3-5-19(23)21-17-10-6-15(7-11-17)14-16-8-12-18(13-9-16)22-20(24)25-4-2/h15-18H,3-14H2,1-2H3,(H,21,23)(H,22,24). The Morgan fingerprint density at radius 3 is 1.84 bits per heavy atom. The van der Waals surface area contributed by atoms with Gasteiger partial charge in [-0.15, -0.1) is 0 Å². The number of amides is 2. The number of carbonyl (C=O) groups excluding carboxylic acids is 2. The van der Waals surface area contributed by atoms with Crippen LogP contribution in [0.4, 0.5) is 4.79 Å². The van der Waals surface area contributed by atoms with Gasteiger partial charge in [-0.3, -0.25) is 4.79 Å². The molecule has 5 heteroatoms. The molecule has 144 valence electrons. The largest absolute Gasteiger partial charge is 0.450 e. The highest BCUT2D eigenvalue weighted by Crippen LogP contribution is 2.35.